The Hall–Kier alpha value is -2.89. The van der Waals surface area contributed by atoms with Gasteiger partial charge in [-0.1, -0.05) is 18.2 Å². The van der Waals surface area contributed by atoms with Gasteiger partial charge in [-0.15, -0.1) is 0 Å². The van der Waals surface area contributed by atoms with Crippen LogP contribution in [0.5, 0.6) is 11.5 Å². The third kappa shape index (κ3) is 4.39. The normalized spacial score (nSPS) is 16.2. The van der Waals surface area contributed by atoms with Crippen LogP contribution in [0.15, 0.2) is 48.5 Å². The second-order valence-corrected chi connectivity index (χ2v) is 6.34. The molecule has 0 aromatic heterocycles. The molecule has 138 valence electrons. The van der Waals surface area contributed by atoms with E-state index in [2.05, 4.69) is 21.6 Å². The first-order chi connectivity index (χ1) is 12.7. The number of nitrogens with one attached hydrogen (secondary N) is 2. The monoisotopic (exact) mass is 355 g/mol. The van der Waals surface area contributed by atoms with E-state index in [0.29, 0.717) is 23.9 Å². The highest BCUT2D eigenvalue weighted by atomic mass is 16.5. The van der Waals surface area contributed by atoms with E-state index >= 15 is 0 Å². The average Bonchev–Trinajstić information content (AvgIpc) is 3.15. The second-order valence-electron chi connectivity index (χ2n) is 6.34. The van der Waals surface area contributed by atoms with Crippen molar-refractivity contribution in [2.75, 3.05) is 44.1 Å². The van der Waals surface area contributed by atoms with Crippen LogP contribution in [-0.2, 0) is 0 Å². The van der Waals surface area contributed by atoms with Crippen molar-refractivity contribution in [2.45, 2.75) is 6.42 Å². The summed E-state index contributed by atoms with van der Waals surface area (Å²) in [6, 6.07) is 15.1. The first-order valence-corrected chi connectivity index (χ1v) is 8.76. The summed E-state index contributed by atoms with van der Waals surface area (Å²) in [5.74, 6) is 2.01. The van der Waals surface area contributed by atoms with Crippen molar-refractivity contribution in [3.8, 4) is 11.5 Å². The molecule has 2 aromatic carbocycles. The molecule has 1 fully saturated rings. The summed E-state index contributed by atoms with van der Waals surface area (Å²) >= 11 is 0. The van der Waals surface area contributed by atoms with E-state index in [1.165, 1.54) is 0 Å². The van der Waals surface area contributed by atoms with Crippen molar-refractivity contribution in [1.82, 2.24) is 5.32 Å². The van der Waals surface area contributed by atoms with Gasteiger partial charge >= 0.3 is 6.03 Å². The zero-order valence-electron chi connectivity index (χ0n) is 15.2. The fourth-order valence-electron chi connectivity index (χ4n) is 3.22. The Kier molecular flexibility index (Phi) is 5.84. The number of methoxy groups -OCH3 is 2. The molecule has 2 N–H and O–H groups in total. The fourth-order valence-corrected chi connectivity index (χ4v) is 3.22. The minimum absolute atomic E-state index is 0.200. The molecular weight excluding hydrogens is 330 g/mol. The lowest BCUT2D eigenvalue weighted by Crippen LogP contribution is -2.34. The van der Waals surface area contributed by atoms with Crippen molar-refractivity contribution >= 4 is 17.4 Å². The van der Waals surface area contributed by atoms with Gasteiger partial charge in [0.25, 0.3) is 0 Å². The Morgan fingerprint density at radius 2 is 2.00 bits per heavy atom. The number of hydrogen-bond acceptors (Lipinski definition) is 4. The molecule has 1 heterocycles. The van der Waals surface area contributed by atoms with Crippen LogP contribution in [0.1, 0.15) is 6.42 Å². The smallest absolute Gasteiger partial charge is 0.319 e. The van der Waals surface area contributed by atoms with Crippen molar-refractivity contribution in [2.24, 2.45) is 5.92 Å². The van der Waals surface area contributed by atoms with Gasteiger partial charge in [0.1, 0.15) is 11.5 Å². The Morgan fingerprint density at radius 1 is 1.15 bits per heavy atom. The van der Waals surface area contributed by atoms with Crippen LogP contribution in [0.2, 0.25) is 0 Å². The molecule has 2 amide bonds. The van der Waals surface area contributed by atoms with Crippen LogP contribution in [-0.4, -0.2) is 39.9 Å². The van der Waals surface area contributed by atoms with E-state index in [1.54, 1.807) is 20.3 Å². The lowest BCUT2D eigenvalue weighted by Gasteiger charge is -2.21. The lowest BCUT2D eigenvalue weighted by atomic mass is 10.1. The van der Waals surface area contributed by atoms with E-state index in [-0.39, 0.29) is 6.03 Å². The molecule has 0 bridgehead atoms. The number of para-hydroxylation sites is 2. The van der Waals surface area contributed by atoms with Gasteiger partial charge in [0.2, 0.25) is 0 Å². The number of anilines is 2. The number of carbonyl (C=O) groups is 1. The number of hydrogen-bond donors (Lipinski definition) is 2. The standard InChI is InChI=1S/C20H25N3O3/c1-25-17-7-5-6-16(12-17)22-20(24)21-13-15-10-11-23(14-15)18-8-3-4-9-19(18)26-2/h3-9,12,15H,10-11,13-14H2,1-2H3,(H2,21,22,24)/t15-/m0/s1. The first-order valence-electron chi connectivity index (χ1n) is 8.76. The number of rotatable bonds is 6. The summed E-state index contributed by atoms with van der Waals surface area (Å²) in [6.45, 7) is 2.51. The van der Waals surface area contributed by atoms with E-state index in [9.17, 15) is 4.79 Å². The lowest BCUT2D eigenvalue weighted by molar-refractivity contribution is 0.250. The van der Waals surface area contributed by atoms with Gasteiger partial charge < -0.3 is 25.0 Å². The van der Waals surface area contributed by atoms with E-state index < -0.39 is 0 Å². The highest BCUT2D eigenvalue weighted by Crippen LogP contribution is 2.31. The summed E-state index contributed by atoms with van der Waals surface area (Å²) in [7, 11) is 3.30. The molecule has 3 rings (SSSR count). The summed E-state index contributed by atoms with van der Waals surface area (Å²) in [5, 5.41) is 5.80. The summed E-state index contributed by atoms with van der Waals surface area (Å²) in [6.07, 6.45) is 1.04. The van der Waals surface area contributed by atoms with Crippen LogP contribution in [0.4, 0.5) is 16.2 Å². The maximum atomic E-state index is 12.1. The SMILES string of the molecule is COc1cccc(NC(=O)NC[C@@H]2CCN(c3ccccc3OC)C2)c1. The fraction of sp³-hybridized carbons (Fsp3) is 0.350. The molecule has 1 atom stereocenters. The minimum atomic E-state index is -0.200. The predicted molar refractivity (Wildman–Crippen MR) is 103 cm³/mol. The van der Waals surface area contributed by atoms with E-state index in [0.717, 1.165) is 30.9 Å². The molecule has 0 unspecified atom stereocenters. The van der Waals surface area contributed by atoms with Gasteiger partial charge in [0.15, 0.2) is 0 Å². The Balaban J connectivity index is 1.49. The van der Waals surface area contributed by atoms with Crippen molar-refractivity contribution in [3.63, 3.8) is 0 Å². The molecule has 0 spiro atoms. The zero-order chi connectivity index (χ0) is 18.4. The first kappa shape index (κ1) is 17.9. The highest BCUT2D eigenvalue weighted by molar-refractivity contribution is 5.89. The van der Waals surface area contributed by atoms with E-state index in [4.69, 9.17) is 9.47 Å². The maximum absolute atomic E-state index is 12.1. The van der Waals surface area contributed by atoms with Gasteiger partial charge in [-0.3, -0.25) is 0 Å². The van der Waals surface area contributed by atoms with Crippen LogP contribution in [0, 0.1) is 5.92 Å². The Bertz CT molecular complexity index is 751. The molecule has 6 nitrogen and oxygen atoms in total. The number of nitrogens with zero attached hydrogens (tertiary/aromatic N) is 1. The molecule has 1 aliphatic heterocycles. The quantitative estimate of drug-likeness (QED) is 0.834. The number of carbonyl (C=O) groups excluding carboxylic acids is 1. The second kappa shape index (κ2) is 8.47. The maximum Gasteiger partial charge on any atom is 0.319 e. The topological polar surface area (TPSA) is 62.8 Å². The van der Waals surface area contributed by atoms with Crippen LogP contribution < -0.4 is 25.0 Å². The number of urea groups is 1. The molecule has 1 aliphatic rings. The number of amides is 2. The molecule has 0 saturated carbocycles. The van der Waals surface area contributed by atoms with E-state index in [1.807, 2.05) is 36.4 Å². The summed E-state index contributed by atoms with van der Waals surface area (Å²) < 4.78 is 10.6. The third-order valence-electron chi connectivity index (χ3n) is 4.59. The van der Waals surface area contributed by atoms with Gasteiger partial charge in [-0.25, -0.2) is 4.79 Å². The van der Waals surface area contributed by atoms with Crippen molar-refractivity contribution in [1.29, 1.82) is 0 Å². The molecule has 26 heavy (non-hydrogen) atoms. The summed E-state index contributed by atoms with van der Waals surface area (Å²) in [4.78, 5) is 14.4. The number of ether oxygens (including phenoxy) is 2. The van der Waals surface area contributed by atoms with Gasteiger partial charge in [-0.2, -0.15) is 0 Å². The summed E-state index contributed by atoms with van der Waals surface area (Å²) in [5.41, 5.74) is 1.82. The molecule has 6 heteroatoms. The van der Waals surface area contributed by atoms with Gasteiger partial charge in [-0.05, 0) is 36.6 Å². The third-order valence-corrected chi connectivity index (χ3v) is 4.59. The molecular formula is C20H25N3O3. The van der Waals surface area contributed by atoms with Gasteiger partial charge in [0.05, 0.1) is 19.9 Å². The van der Waals surface area contributed by atoms with Crippen molar-refractivity contribution in [3.05, 3.63) is 48.5 Å². The number of benzene rings is 2. The molecule has 1 saturated heterocycles. The molecule has 0 aliphatic carbocycles. The Labute approximate surface area is 154 Å². The van der Waals surface area contributed by atoms with Crippen molar-refractivity contribution < 1.29 is 14.3 Å². The molecule has 0 radical (unpaired) electrons. The minimum Gasteiger partial charge on any atom is -0.497 e. The highest BCUT2D eigenvalue weighted by Gasteiger charge is 2.24. The van der Waals surface area contributed by atoms with Crippen LogP contribution in [0.25, 0.3) is 0 Å². The van der Waals surface area contributed by atoms with Gasteiger partial charge in [0, 0.05) is 31.4 Å². The molecule has 2 aromatic rings. The van der Waals surface area contributed by atoms with Crippen LogP contribution in [0.3, 0.4) is 0 Å². The average molecular weight is 355 g/mol. The largest absolute Gasteiger partial charge is 0.497 e. The predicted octanol–water partition coefficient (Wildman–Crippen LogP) is 3.35. The Morgan fingerprint density at radius 3 is 2.81 bits per heavy atom. The van der Waals surface area contributed by atoms with Crippen LogP contribution >= 0.6 is 0 Å². The zero-order valence-corrected chi connectivity index (χ0v) is 15.2.